The van der Waals surface area contributed by atoms with Gasteiger partial charge in [-0.05, 0) is 43.0 Å². The lowest BCUT2D eigenvalue weighted by atomic mass is 9.81. The molecule has 2 fully saturated rings. The molecule has 0 unspecified atom stereocenters. The van der Waals surface area contributed by atoms with Gasteiger partial charge in [0.15, 0.2) is 0 Å². The van der Waals surface area contributed by atoms with E-state index in [1.54, 1.807) is 11.8 Å². The van der Waals surface area contributed by atoms with E-state index in [-0.39, 0.29) is 48.6 Å². The molecular formula is C20H23ClN2O3S. The molecule has 1 N–H and O–H groups in total. The molecule has 5 nitrogen and oxygen atoms in total. The third-order valence-corrected chi connectivity index (χ3v) is 7.20. The van der Waals surface area contributed by atoms with Crippen LogP contribution >= 0.6 is 23.4 Å². The largest absolute Gasteiger partial charge is 0.349 e. The number of benzene rings is 1. The number of halogens is 1. The maximum Gasteiger partial charge on any atom is 0.233 e. The molecule has 3 atom stereocenters. The normalized spacial score (nSPS) is 27.3. The third-order valence-electron chi connectivity index (χ3n) is 5.84. The van der Waals surface area contributed by atoms with E-state index in [1.165, 1.54) is 4.90 Å². The van der Waals surface area contributed by atoms with Crippen LogP contribution in [-0.2, 0) is 14.4 Å². The van der Waals surface area contributed by atoms with E-state index in [2.05, 4.69) is 5.32 Å². The van der Waals surface area contributed by atoms with Crippen molar-refractivity contribution in [2.24, 2.45) is 11.8 Å². The van der Waals surface area contributed by atoms with Gasteiger partial charge in [-0.3, -0.25) is 19.3 Å². The Labute approximate surface area is 168 Å². The second kappa shape index (κ2) is 7.84. The average molecular weight is 407 g/mol. The Balaban J connectivity index is 1.36. The summed E-state index contributed by atoms with van der Waals surface area (Å²) >= 11 is 7.88. The van der Waals surface area contributed by atoms with Crippen molar-refractivity contribution in [3.8, 4) is 0 Å². The number of imide groups is 1. The van der Waals surface area contributed by atoms with Gasteiger partial charge in [0.2, 0.25) is 17.7 Å². The van der Waals surface area contributed by atoms with Gasteiger partial charge in [-0.15, -0.1) is 11.8 Å². The average Bonchev–Trinajstić information content (AvgIpc) is 2.91. The predicted octanol–water partition coefficient (Wildman–Crippen LogP) is 3.56. The molecule has 144 valence electrons. The van der Waals surface area contributed by atoms with Crippen molar-refractivity contribution in [1.29, 1.82) is 0 Å². The van der Waals surface area contributed by atoms with E-state index in [0.29, 0.717) is 5.02 Å². The zero-order chi connectivity index (χ0) is 19.0. The second-order valence-corrected chi connectivity index (χ2v) is 9.09. The van der Waals surface area contributed by atoms with Gasteiger partial charge in [0.1, 0.15) is 0 Å². The van der Waals surface area contributed by atoms with Gasteiger partial charge in [0.05, 0.1) is 17.9 Å². The summed E-state index contributed by atoms with van der Waals surface area (Å²) in [5.41, 5.74) is 1.05. The standard InChI is InChI=1S/C20H23ClN2O3S/c21-12-5-6-17-15(11-12)16(8-10-27-17)22-18(24)7-9-23-19(25)13-3-1-2-4-14(13)20(23)26/h5-6,11,13-14,16H,1-4,7-10H2,(H,22,24)/t13-,14-,16+/m1/s1. The Hall–Kier alpha value is -1.53. The lowest BCUT2D eigenvalue weighted by Crippen LogP contribution is -2.37. The first-order valence-electron chi connectivity index (χ1n) is 9.61. The topological polar surface area (TPSA) is 66.5 Å². The van der Waals surface area contributed by atoms with E-state index in [0.717, 1.165) is 48.3 Å². The van der Waals surface area contributed by atoms with Crippen LogP contribution in [0, 0.1) is 11.8 Å². The zero-order valence-corrected chi connectivity index (χ0v) is 16.7. The Morgan fingerprint density at radius 1 is 1.15 bits per heavy atom. The molecule has 2 aliphatic heterocycles. The highest BCUT2D eigenvalue weighted by Gasteiger charge is 2.47. The van der Waals surface area contributed by atoms with E-state index in [1.807, 2.05) is 18.2 Å². The number of hydrogen-bond acceptors (Lipinski definition) is 4. The maximum absolute atomic E-state index is 12.5. The molecule has 0 bridgehead atoms. The molecule has 27 heavy (non-hydrogen) atoms. The van der Waals surface area contributed by atoms with Crippen molar-refractivity contribution in [3.05, 3.63) is 28.8 Å². The van der Waals surface area contributed by atoms with Crippen LogP contribution in [-0.4, -0.2) is 34.9 Å². The number of hydrogen-bond donors (Lipinski definition) is 1. The summed E-state index contributed by atoms with van der Waals surface area (Å²) in [6, 6.07) is 5.69. The zero-order valence-electron chi connectivity index (χ0n) is 15.1. The van der Waals surface area contributed by atoms with Gasteiger partial charge in [0, 0.05) is 28.6 Å². The Morgan fingerprint density at radius 2 is 1.85 bits per heavy atom. The smallest absolute Gasteiger partial charge is 0.233 e. The first-order valence-corrected chi connectivity index (χ1v) is 11.0. The van der Waals surface area contributed by atoms with Gasteiger partial charge >= 0.3 is 0 Å². The monoisotopic (exact) mass is 406 g/mol. The fourth-order valence-corrected chi connectivity index (χ4v) is 5.73. The van der Waals surface area contributed by atoms with E-state index in [9.17, 15) is 14.4 Å². The molecule has 0 spiro atoms. The Kier molecular flexibility index (Phi) is 5.46. The van der Waals surface area contributed by atoms with Crippen molar-refractivity contribution in [2.75, 3.05) is 12.3 Å². The quantitative estimate of drug-likeness (QED) is 0.776. The van der Waals surface area contributed by atoms with E-state index < -0.39 is 0 Å². The number of likely N-dealkylation sites (tertiary alicyclic amines) is 1. The molecule has 7 heteroatoms. The van der Waals surface area contributed by atoms with Crippen LogP contribution in [0.1, 0.15) is 50.1 Å². The van der Waals surface area contributed by atoms with Crippen molar-refractivity contribution >= 4 is 41.1 Å². The summed E-state index contributed by atoms with van der Waals surface area (Å²) in [5, 5.41) is 3.72. The minimum absolute atomic E-state index is 0.0694. The molecule has 2 heterocycles. The molecule has 3 amide bonds. The summed E-state index contributed by atoms with van der Waals surface area (Å²) in [6.45, 7) is 0.181. The third kappa shape index (κ3) is 3.74. The molecule has 3 aliphatic rings. The predicted molar refractivity (Wildman–Crippen MR) is 104 cm³/mol. The molecule has 1 aromatic carbocycles. The summed E-state index contributed by atoms with van der Waals surface area (Å²) < 4.78 is 0. The molecule has 1 aliphatic carbocycles. The minimum Gasteiger partial charge on any atom is -0.349 e. The molecule has 1 saturated carbocycles. The highest BCUT2D eigenvalue weighted by atomic mass is 35.5. The number of nitrogens with zero attached hydrogens (tertiary/aromatic N) is 1. The lowest BCUT2D eigenvalue weighted by Gasteiger charge is -2.26. The second-order valence-electron chi connectivity index (χ2n) is 7.51. The summed E-state index contributed by atoms with van der Waals surface area (Å²) in [6.07, 6.45) is 4.61. The number of amides is 3. The van der Waals surface area contributed by atoms with Crippen LogP contribution in [0.3, 0.4) is 0 Å². The van der Waals surface area contributed by atoms with Gasteiger partial charge < -0.3 is 5.32 Å². The van der Waals surface area contributed by atoms with Crippen LogP contribution in [0.5, 0.6) is 0 Å². The molecule has 0 radical (unpaired) electrons. The molecule has 1 saturated heterocycles. The van der Waals surface area contributed by atoms with Crippen LogP contribution in [0.15, 0.2) is 23.1 Å². The molecule has 1 aromatic rings. The van der Waals surface area contributed by atoms with Crippen LogP contribution in [0.2, 0.25) is 5.02 Å². The van der Waals surface area contributed by atoms with Crippen molar-refractivity contribution < 1.29 is 14.4 Å². The number of rotatable bonds is 4. The number of carbonyl (C=O) groups excluding carboxylic acids is 3. The van der Waals surface area contributed by atoms with E-state index in [4.69, 9.17) is 11.6 Å². The van der Waals surface area contributed by atoms with Gasteiger partial charge in [-0.25, -0.2) is 0 Å². The summed E-state index contributed by atoms with van der Waals surface area (Å²) in [7, 11) is 0. The Bertz CT molecular complexity index is 760. The van der Waals surface area contributed by atoms with Gasteiger partial charge in [-0.1, -0.05) is 24.4 Å². The van der Waals surface area contributed by atoms with E-state index >= 15 is 0 Å². The maximum atomic E-state index is 12.5. The molecule has 0 aromatic heterocycles. The first-order chi connectivity index (χ1) is 13.0. The highest BCUT2D eigenvalue weighted by Crippen LogP contribution is 2.39. The highest BCUT2D eigenvalue weighted by molar-refractivity contribution is 7.99. The fraction of sp³-hybridized carbons (Fsp3) is 0.550. The first kappa shape index (κ1) is 18.8. The van der Waals surface area contributed by atoms with Gasteiger partial charge in [-0.2, -0.15) is 0 Å². The van der Waals surface area contributed by atoms with Crippen LogP contribution in [0.25, 0.3) is 0 Å². The van der Waals surface area contributed by atoms with Crippen molar-refractivity contribution in [2.45, 2.75) is 49.5 Å². The number of carbonyl (C=O) groups is 3. The van der Waals surface area contributed by atoms with Crippen molar-refractivity contribution in [3.63, 3.8) is 0 Å². The van der Waals surface area contributed by atoms with Crippen molar-refractivity contribution in [1.82, 2.24) is 10.2 Å². The number of thioether (sulfide) groups is 1. The Morgan fingerprint density at radius 3 is 2.56 bits per heavy atom. The van der Waals surface area contributed by atoms with Gasteiger partial charge in [0.25, 0.3) is 0 Å². The molecule has 4 rings (SSSR count). The van der Waals surface area contributed by atoms with Crippen LogP contribution in [0.4, 0.5) is 0 Å². The summed E-state index contributed by atoms with van der Waals surface area (Å²) in [5.74, 6) is 0.338. The number of nitrogens with one attached hydrogen (secondary N) is 1. The number of fused-ring (bicyclic) bond motifs is 2. The minimum atomic E-state index is -0.154. The SMILES string of the molecule is O=C(CCN1C(=O)[C@@H]2CCCC[C@H]2C1=O)N[C@H]1CCSc2ccc(Cl)cc21. The lowest BCUT2D eigenvalue weighted by molar-refractivity contribution is -0.140. The van der Waals surface area contributed by atoms with Crippen LogP contribution < -0.4 is 5.32 Å². The molecular weight excluding hydrogens is 384 g/mol. The fourth-order valence-electron chi connectivity index (χ4n) is 4.45. The summed E-state index contributed by atoms with van der Waals surface area (Å²) in [4.78, 5) is 40.0.